The molecular weight excluding hydrogens is 286 g/mol. The Balaban J connectivity index is 2.17. The zero-order valence-corrected chi connectivity index (χ0v) is 13.6. The van der Waals surface area contributed by atoms with Crippen LogP contribution in [0.1, 0.15) is 33.0 Å². The molecule has 0 saturated carbocycles. The van der Waals surface area contributed by atoms with Crippen LogP contribution in [0.5, 0.6) is 0 Å². The summed E-state index contributed by atoms with van der Waals surface area (Å²) >= 11 is 5.85. The van der Waals surface area contributed by atoms with Crippen LogP contribution < -0.4 is 5.32 Å². The summed E-state index contributed by atoms with van der Waals surface area (Å²) in [7, 11) is 0. The number of imidazole rings is 1. The van der Waals surface area contributed by atoms with Gasteiger partial charge < -0.3 is 9.88 Å². The number of aryl methyl sites for hydroxylation is 2. The van der Waals surface area contributed by atoms with Gasteiger partial charge in [-0.1, -0.05) is 12.1 Å². The SMILES string of the molecule is CC(C)(C)NC(=O)CCn1c(CCCl)nc2ccccc21. The highest BCUT2D eigenvalue weighted by Gasteiger charge is 2.15. The van der Waals surface area contributed by atoms with E-state index in [1.807, 2.05) is 45.0 Å². The molecule has 0 saturated heterocycles. The smallest absolute Gasteiger partial charge is 0.222 e. The van der Waals surface area contributed by atoms with E-state index in [2.05, 4.69) is 14.9 Å². The molecule has 0 fully saturated rings. The van der Waals surface area contributed by atoms with E-state index < -0.39 is 0 Å². The second kappa shape index (κ2) is 6.48. The van der Waals surface area contributed by atoms with Crippen molar-refractivity contribution in [1.29, 1.82) is 0 Å². The van der Waals surface area contributed by atoms with E-state index in [4.69, 9.17) is 11.6 Å². The van der Waals surface area contributed by atoms with Crippen LogP contribution in [0.15, 0.2) is 24.3 Å². The molecule has 114 valence electrons. The Labute approximate surface area is 130 Å². The number of alkyl halides is 1. The number of nitrogens with one attached hydrogen (secondary N) is 1. The van der Waals surface area contributed by atoms with Gasteiger partial charge in [0.05, 0.1) is 11.0 Å². The molecule has 4 nitrogen and oxygen atoms in total. The van der Waals surface area contributed by atoms with Crippen LogP contribution in [0.4, 0.5) is 0 Å². The Morgan fingerprint density at radius 3 is 2.71 bits per heavy atom. The Bertz CT molecular complexity index is 628. The molecule has 1 amide bonds. The first-order chi connectivity index (χ1) is 9.90. The number of nitrogens with zero attached hydrogens (tertiary/aromatic N) is 2. The number of para-hydroxylation sites is 2. The van der Waals surface area contributed by atoms with E-state index in [0.717, 1.165) is 16.9 Å². The lowest BCUT2D eigenvalue weighted by Crippen LogP contribution is -2.40. The van der Waals surface area contributed by atoms with Gasteiger partial charge in [-0.25, -0.2) is 4.98 Å². The highest BCUT2D eigenvalue weighted by atomic mass is 35.5. The fourth-order valence-electron chi connectivity index (χ4n) is 2.34. The summed E-state index contributed by atoms with van der Waals surface area (Å²) < 4.78 is 2.10. The van der Waals surface area contributed by atoms with Gasteiger partial charge in [-0.2, -0.15) is 0 Å². The van der Waals surface area contributed by atoms with Crippen molar-refractivity contribution < 1.29 is 4.79 Å². The third-order valence-corrected chi connectivity index (χ3v) is 3.32. The fraction of sp³-hybridized carbons (Fsp3) is 0.500. The van der Waals surface area contributed by atoms with Gasteiger partial charge in [0.25, 0.3) is 0 Å². The van der Waals surface area contributed by atoms with E-state index in [1.54, 1.807) is 0 Å². The second-order valence-corrected chi connectivity index (χ2v) is 6.53. The van der Waals surface area contributed by atoms with Crippen LogP contribution in [-0.4, -0.2) is 26.9 Å². The average molecular weight is 308 g/mol. The van der Waals surface area contributed by atoms with Crippen molar-refractivity contribution in [3.05, 3.63) is 30.1 Å². The number of rotatable bonds is 5. The van der Waals surface area contributed by atoms with Gasteiger partial charge in [0.2, 0.25) is 5.91 Å². The van der Waals surface area contributed by atoms with Crippen LogP contribution in [0.25, 0.3) is 11.0 Å². The van der Waals surface area contributed by atoms with Crippen molar-refractivity contribution in [1.82, 2.24) is 14.9 Å². The monoisotopic (exact) mass is 307 g/mol. The molecule has 2 rings (SSSR count). The number of carbonyl (C=O) groups is 1. The third-order valence-electron chi connectivity index (χ3n) is 3.13. The Hall–Kier alpha value is -1.55. The number of aromatic nitrogens is 2. The molecule has 0 spiro atoms. The Kier molecular flexibility index (Phi) is 4.88. The number of halogens is 1. The van der Waals surface area contributed by atoms with Gasteiger partial charge in [-0.15, -0.1) is 11.6 Å². The van der Waals surface area contributed by atoms with E-state index in [1.165, 1.54) is 0 Å². The minimum absolute atomic E-state index is 0.0529. The van der Waals surface area contributed by atoms with Crippen LogP contribution >= 0.6 is 11.6 Å². The Morgan fingerprint density at radius 1 is 1.33 bits per heavy atom. The number of benzene rings is 1. The average Bonchev–Trinajstić information content (AvgIpc) is 2.72. The van der Waals surface area contributed by atoms with Gasteiger partial charge >= 0.3 is 0 Å². The van der Waals surface area contributed by atoms with Crippen molar-refractivity contribution in [2.45, 2.75) is 45.7 Å². The lowest BCUT2D eigenvalue weighted by atomic mass is 10.1. The van der Waals surface area contributed by atoms with Gasteiger partial charge in [0, 0.05) is 30.8 Å². The maximum absolute atomic E-state index is 12.0. The molecule has 0 aliphatic rings. The molecule has 1 N–H and O–H groups in total. The van der Waals surface area contributed by atoms with Crippen LogP contribution in [-0.2, 0) is 17.8 Å². The summed E-state index contributed by atoms with van der Waals surface area (Å²) in [6.45, 7) is 6.57. The zero-order valence-electron chi connectivity index (χ0n) is 12.8. The molecule has 0 radical (unpaired) electrons. The van der Waals surface area contributed by atoms with Crippen molar-refractivity contribution in [3.8, 4) is 0 Å². The maximum Gasteiger partial charge on any atom is 0.222 e. The molecule has 1 aromatic heterocycles. The third kappa shape index (κ3) is 4.21. The van der Waals surface area contributed by atoms with E-state index in [-0.39, 0.29) is 11.4 Å². The number of fused-ring (bicyclic) bond motifs is 1. The normalized spacial score (nSPS) is 11.8. The summed E-state index contributed by atoms with van der Waals surface area (Å²) in [6, 6.07) is 7.97. The van der Waals surface area contributed by atoms with Crippen LogP contribution in [0.2, 0.25) is 0 Å². The van der Waals surface area contributed by atoms with Crippen molar-refractivity contribution in [3.63, 3.8) is 0 Å². The largest absolute Gasteiger partial charge is 0.351 e. The van der Waals surface area contributed by atoms with Crippen molar-refractivity contribution in [2.75, 3.05) is 5.88 Å². The fourth-order valence-corrected chi connectivity index (χ4v) is 2.51. The summed E-state index contributed by atoms with van der Waals surface area (Å²) in [4.78, 5) is 16.6. The van der Waals surface area contributed by atoms with Gasteiger partial charge in [-0.3, -0.25) is 4.79 Å². The number of amides is 1. The van der Waals surface area contributed by atoms with Gasteiger partial charge in [-0.05, 0) is 32.9 Å². The molecule has 1 aromatic carbocycles. The van der Waals surface area contributed by atoms with E-state index >= 15 is 0 Å². The van der Waals surface area contributed by atoms with Crippen molar-refractivity contribution >= 4 is 28.5 Å². The molecule has 0 bridgehead atoms. The summed E-state index contributed by atoms with van der Waals surface area (Å²) in [5.41, 5.74) is 1.81. The van der Waals surface area contributed by atoms with E-state index in [9.17, 15) is 4.79 Å². The number of hydrogen-bond acceptors (Lipinski definition) is 2. The zero-order chi connectivity index (χ0) is 15.5. The maximum atomic E-state index is 12.0. The molecule has 5 heteroatoms. The first kappa shape index (κ1) is 15.8. The highest BCUT2D eigenvalue weighted by Crippen LogP contribution is 2.17. The van der Waals surface area contributed by atoms with Crippen molar-refractivity contribution in [2.24, 2.45) is 0 Å². The highest BCUT2D eigenvalue weighted by molar-refractivity contribution is 6.17. The lowest BCUT2D eigenvalue weighted by Gasteiger charge is -2.20. The lowest BCUT2D eigenvalue weighted by molar-refractivity contribution is -0.122. The standard InChI is InChI=1S/C16H22ClN3O/c1-16(2,3)19-15(21)9-11-20-13-7-5-4-6-12(13)18-14(20)8-10-17/h4-7H,8-11H2,1-3H3,(H,19,21). The first-order valence-electron chi connectivity index (χ1n) is 7.22. The van der Waals surface area contributed by atoms with Crippen LogP contribution in [0.3, 0.4) is 0 Å². The summed E-state index contributed by atoms with van der Waals surface area (Å²) in [6.07, 6.45) is 1.14. The molecule has 0 aliphatic heterocycles. The molecular formula is C16H22ClN3O. The predicted octanol–water partition coefficient (Wildman–Crippen LogP) is 3.12. The minimum Gasteiger partial charge on any atom is -0.351 e. The second-order valence-electron chi connectivity index (χ2n) is 6.16. The van der Waals surface area contributed by atoms with Gasteiger partial charge in [0.15, 0.2) is 0 Å². The first-order valence-corrected chi connectivity index (χ1v) is 7.75. The molecule has 0 aliphatic carbocycles. The molecule has 21 heavy (non-hydrogen) atoms. The molecule has 0 unspecified atom stereocenters. The number of hydrogen-bond donors (Lipinski definition) is 1. The summed E-state index contributed by atoms with van der Waals surface area (Å²) in [5, 5.41) is 2.98. The topological polar surface area (TPSA) is 46.9 Å². The predicted molar refractivity (Wildman–Crippen MR) is 86.7 cm³/mol. The van der Waals surface area contributed by atoms with Gasteiger partial charge in [0.1, 0.15) is 5.82 Å². The van der Waals surface area contributed by atoms with E-state index in [0.29, 0.717) is 25.3 Å². The Morgan fingerprint density at radius 2 is 2.05 bits per heavy atom. The molecule has 0 atom stereocenters. The summed E-state index contributed by atoms with van der Waals surface area (Å²) in [5.74, 6) is 1.52. The quantitative estimate of drug-likeness (QED) is 0.863. The molecule has 2 aromatic rings. The molecule has 1 heterocycles. The minimum atomic E-state index is -0.201. The number of carbonyl (C=O) groups excluding carboxylic acids is 1. The van der Waals surface area contributed by atoms with Crippen LogP contribution in [0, 0.1) is 0 Å².